The second-order valence-electron chi connectivity index (χ2n) is 4.77. The smallest absolute Gasteiger partial charge is 0.161 e. The van der Waals surface area contributed by atoms with Gasteiger partial charge in [-0.1, -0.05) is 58.0 Å². The zero-order chi connectivity index (χ0) is 15.5. The Bertz CT molecular complexity index is 856. The predicted octanol–water partition coefficient (Wildman–Crippen LogP) is 5.06. The summed E-state index contributed by atoms with van der Waals surface area (Å²) in [6, 6.07) is 18.0. The molecule has 3 aromatic rings. The van der Waals surface area contributed by atoms with Crippen molar-refractivity contribution >= 4 is 38.6 Å². The maximum absolute atomic E-state index is 9.07. The molecule has 3 rings (SSSR count). The molecule has 0 N–H and O–H groups in total. The lowest BCUT2D eigenvalue weighted by molar-refractivity contribution is 1.10. The van der Waals surface area contributed by atoms with E-state index in [4.69, 9.17) is 5.26 Å². The van der Waals surface area contributed by atoms with Crippen LogP contribution in [0.15, 0.2) is 58.0 Å². The van der Waals surface area contributed by atoms with E-state index in [-0.39, 0.29) is 5.25 Å². The molecule has 0 radical (unpaired) electrons. The number of hydrogen-bond donors (Lipinski definition) is 0. The number of nitrogens with zero attached hydrogens (tertiary/aromatic N) is 3. The lowest BCUT2D eigenvalue weighted by atomic mass is 10.2. The molecule has 1 atom stereocenters. The third-order valence-corrected chi connectivity index (χ3v) is 4.66. The Kier molecular flexibility index (Phi) is 4.41. The first-order valence-electron chi connectivity index (χ1n) is 6.76. The van der Waals surface area contributed by atoms with Gasteiger partial charge in [-0.05, 0) is 25.1 Å². The van der Waals surface area contributed by atoms with Crippen LogP contribution in [-0.2, 0) is 0 Å². The van der Waals surface area contributed by atoms with Gasteiger partial charge >= 0.3 is 0 Å². The zero-order valence-corrected chi connectivity index (χ0v) is 14.2. The van der Waals surface area contributed by atoms with E-state index in [0.717, 1.165) is 26.0 Å². The molecule has 108 valence electrons. The number of aromatic nitrogens is 2. The van der Waals surface area contributed by atoms with E-state index in [1.54, 1.807) is 0 Å². The van der Waals surface area contributed by atoms with Crippen molar-refractivity contribution in [2.75, 3.05) is 0 Å². The molecule has 1 heterocycles. The zero-order valence-electron chi connectivity index (χ0n) is 11.8. The number of fused-ring (bicyclic) bond motifs is 1. The van der Waals surface area contributed by atoms with Crippen LogP contribution in [0.2, 0.25) is 0 Å². The monoisotopic (exact) mass is 369 g/mol. The summed E-state index contributed by atoms with van der Waals surface area (Å²) in [5, 5.41) is 10.7. The minimum absolute atomic E-state index is 0.156. The van der Waals surface area contributed by atoms with Crippen LogP contribution in [0.3, 0.4) is 0 Å². The van der Waals surface area contributed by atoms with Crippen molar-refractivity contribution in [1.29, 1.82) is 5.26 Å². The third-order valence-electron chi connectivity index (χ3n) is 3.14. The molecule has 22 heavy (non-hydrogen) atoms. The van der Waals surface area contributed by atoms with Gasteiger partial charge in [-0.3, -0.25) is 0 Å². The second kappa shape index (κ2) is 6.47. The summed E-state index contributed by atoms with van der Waals surface area (Å²) in [6.45, 7) is 1.88. The molecule has 2 aromatic carbocycles. The molecule has 0 spiro atoms. The lowest BCUT2D eigenvalue weighted by Crippen LogP contribution is -1.97. The highest BCUT2D eigenvalue weighted by Crippen LogP contribution is 2.30. The fourth-order valence-electron chi connectivity index (χ4n) is 2.06. The van der Waals surface area contributed by atoms with Crippen LogP contribution in [0.4, 0.5) is 0 Å². The van der Waals surface area contributed by atoms with Crippen molar-refractivity contribution in [2.24, 2.45) is 0 Å². The summed E-state index contributed by atoms with van der Waals surface area (Å²) in [5.74, 6) is 0.679. The van der Waals surface area contributed by atoms with Gasteiger partial charge in [0.05, 0.1) is 16.8 Å². The minimum Gasteiger partial charge on any atom is -0.228 e. The first kappa shape index (κ1) is 15.0. The highest BCUT2D eigenvalue weighted by Gasteiger charge is 2.12. The first-order chi connectivity index (χ1) is 10.7. The van der Waals surface area contributed by atoms with Crippen LogP contribution in [-0.4, -0.2) is 15.2 Å². The number of benzene rings is 2. The Morgan fingerprint density at radius 2 is 1.82 bits per heavy atom. The van der Waals surface area contributed by atoms with Crippen molar-refractivity contribution in [3.8, 4) is 17.5 Å². The molecular formula is C17H12BrN3S. The van der Waals surface area contributed by atoms with Gasteiger partial charge in [-0.25, -0.2) is 9.97 Å². The van der Waals surface area contributed by atoms with E-state index in [9.17, 15) is 0 Å². The van der Waals surface area contributed by atoms with Crippen LogP contribution in [0.1, 0.15) is 6.92 Å². The Labute approximate surface area is 141 Å². The standard InChI is InChI=1S/C17H12BrN3S/c1-11(10-19)22-17-14-4-2-3-5-15(14)20-16(21-17)12-6-8-13(18)9-7-12/h2-9,11H,1H3/t11-/m0/s1. The van der Waals surface area contributed by atoms with Crippen molar-refractivity contribution in [3.05, 3.63) is 53.0 Å². The molecule has 0 saturated carbocycles. The Morgan fingerprint density at radius 3 is 2.55 bits per heavy atom. The van der Waals surface area contributed by atoms with Crippen LogP contribution in [0.25, 0.3) is 22.3 Å². The van der Waals surface area contributed by atoms with E-state index in [1.807, 2.05) is 55.5 Å². The SMILES string of the molecule is C[C@@H](C#N)Sc1nc(-c2ccc(Br)cc2)nc2ccccc12. The van der Waals surface area contributed by atoms with Gasteiger partial charge in [0.1, 0.15) is 5.03 Å². The second-order valence-corrected chi connectivity index (χ2v) is 7.01. The molecule has 0 bridgehead atoms. The minimum atomic E-state index is -0.156. The summed E-state index contributed by atoms with van der Waals surface area (Å²) in [5.41, 5.74) is 1.85. The van der Waals surface area contributed by atoms with Gasteiger partial charge in [0.2, 0.25) is 0 Å². The van der Waals surface area contributed by atoms with Gasteiger partial charge in [-0.15, -0.1) is 0 Å². The average molecular weight is 370 g/mol. The van der Waals surface area contributed by atoms with E-state index in [0.29, 0.717) is 5.82 Å². The molecule has 0 saturated heterocycles. The van der Waals surface area contributed by atoms with Crippen molar-refractivity contribution in [1.82, 2.24) is 9.97 Å². The fraction of sp³-hybridized carbons (Fsp3) is 0.118. The molecule has 0 aliphatic heterocycles. The largest absolute Gasteiger partial charge is 0.228 e. The van der Waals surface area contributed by atoms with E-state index in [1.165, 1.54) is 11.8 Å². The van der Waals surface area contributed by atoms with Crippen molar-refractivity contribution in [3.63, 3.8) is 0 Å². The summed E-state index contributed by atoms with van der Waals surface area (Å²) in [6.07, 6.45) is 0. The maximum Gasteiger partial charge on any atom is 0.161 e. The topological polar surface area (TPSA) is 49.6 Å². The number of halogens is 1. The van der Waals surface area contributed by atoms with Crippen molar-refractivity contribution in [2.45, 2.75) is 17.2 Å². The fourth-order valence-corrected chi connectivity index (χ4v) is 3.15. The van der Waals surface area contributed by atoms with Gasteiger partial charge in [0, 0.05) is 15.4 Å². The van der Waals surface area contributed by atoms with Crippen molar-refractivity contribution < 1.29 is 0 Å². The maximum atomic E-state index is 9.07. The van der Waals surface area contributed by atoms with Gasteiger partial charge in [0.15, 0.2) is 5.82 Å². The Morgan fingerprint density at radius 1 is 1.09 bits per heavy atom. The third kappa shape index (κ3) is 3.13. The molecule has 0 aliphatic carbocycles. The van der Waals surface area contributed by atoms with Crippen LogP contribution in [0.5, 0.6) is 0 Å². The number of nitriles is 1. The average Bonchev–Trinajstić information content (AvgIpc) is 2.55. The highest BCUT2D eigenvalue weighted by molar-refractivity contribution is 9.10. The first-order valence-corrected chi connectivity index (χ1v) is 8.43. The number of thioether (sulfide) groups is 1. The molecule has 5 heteroatoms. The molecule has 0 fully saturated rings. The summed E-state index contributed by atoms with van der Waals surface area (Å²) >= 11 is 4.90. The van der Waals surface area contributed by atoms with Crippen LogP contribution in [0, 0.1) is 11.3 Å². The van der Waals surface area contributed by atoms with Crippen LogP contribution >= 0.6 is 27.7 Å². The molecule has 0 aliphatic rings. The van der Waals surface area contributed by atoms with E-state index < -0.39 is 0 Å². The quantitative estimate of drug-likeness (QED) is 0.477. The van der Waals surface area contributed by atoms with Gasteiger partial charge < -0.3 is 0 Å². The lowest BCUT2D eigenvalue weighted by Gasteiger charge is -2.09. The Balaban J connectivity index is 2.16. The molecule has 0 amide bonds. The Hall–Kier alpha value is -1.90. The molecule has 1 aromatic heterocycles. The summed E-state index contributed by atoms with van der Waals surface area (Å²) in [4.78, 5) is 9.32. The van der Waals surface area contributed by atoms with Gasteiger partial charge in [-0.2, -0.15) is 5.26 Å². The predicted molar refractivity (Wildman–Crippen MR) is 93.6 cm³/mol. The summed E-state index contributed by atoms with van der Waals surface area (Å²) < 4.78 is 1.02. The molecule has 3 nitrogen and oxygen atoms in total. The highest BCUT2D eigenvalue weighted by atomic mass is 79.9. The number of hydrogen-bond acceptors (Lipinski definition) is 4. The normalized spacial score (nSPS) is 12.0. The molecule has 0 unspecified atom stereocenters. The number of para-hydroxylation sites is 1. The van der Waals surface area contributed by atoms with Gasteiger partial charge in [0.25, 0.3) is 0 Å². The summed E-state index contributed by atoms with van der Waals surface area (Å²) in [7, 11) is 0. The molecular weight excluding hydrogens is 358 g/mol. The van der Waals surface area contributed by atoms with Crippen LogP contribution < -0.4 is 0 Å². The van der Waals surface area contributed by atoms with E-state index >= 15 is 0 Å². The van der Waals surface area contributed by atoms with E-state index in [2.05, 4.69) is 32.0 Å². The number of rotatable bonds is 3.